The zero-order valence-corrected chi connectivity index (χ0v) is 13.2. The molecule has 1 fully saturated rings. The molecular weight excluding hydrogens is 315 g/mol. The Morgan fingerprint density at radius 2 is 2.05 bits per heavy atom. The average molecular weight is 331 g/mol. The minimum absolute atomic E-state index is 0.0254. The van der Waals surface area contributed by atoms with E-state index in [4.69, 9.17) is 23.2 Å². The molecule has 1 aliphatic rings. The number of hydrogen-bond acceptors (Lipinski definition) is 3. The van der Waals surface area contributed by atoms with Crippen LogP contribution in [0.15, 0.2) is 12.1 Å². The molecule has 2 rings (SSSR count). The molecule has 1 aliphatic heterocycles. The number of amides is 1. The van der Waals surface area contributed by atoms with Gasteiger partial charge in [0.1, 0.15) is 0 Å². The maximum absolute atomic E-state index is 12.6. The van der Waals surface area contributed by atoms with E-state index in [1.165, 1.54) is 6.07 Å². The Labute approximate surface area is 133 Å². The number of rotatable bonds is 2. The summed E-state index contributed by atoms with van der Waals surface area (Å²) < 4.78 is 0. The minimum atomic E-state index is -0.580. The molecule has 1 aromatic rings. The number of benzene rings is 1. The summed E-state index contributed by atoms with van der Waals surface area (Å²) >= 11 is 11.9. The van der Waals surface area contributed by atoms with Gasteiger partial charge >= 0.3 is 0 Å². The Balaban J connectivity index is 2.31. The van der Waals surface area contributed by atoms with Gasteiger partial charge in [0.25, 0.3) is 11.6 Å². The van der Waals surface area contributed by atoms with Gasteiger partial charge in [-0.3, -0.25) is 14.9 Å². The number of halogens is 2. The lowest BCUT2D eigenvalue weighted by Crippen LogP contribution is -2.32. The van der Waals surface area contributed by atoms with Crippen molar-refractivity contribution >= 4 is 34.8 Å². The standard InChI is InChI=1S/C14H16Cl2N2O3/c1-9-3-2-5-17(6-4-9)14(19)11-7-10(18(20)21)8-12(15)13(11)16/h7-9H,2-6H2,1H3. The summed E-state index contributed by atoms with van der Waals surface area (Å²) in [5.41, 5.74) is -0.124. The fraction of sp³-hybridized carbons (Fsp3) is 0.500. The molecule has 1 saturated heterocycles. The Morgan fingerprint density at radius 3 is 2.71 bits per heavy atom. The van der Waals surface area contributed by atoms with Crippen molar-refractivity contribution in [1.82, 2.24) is 4.90 Å². The van der Waals surface area contributed by atoms with Crippen LogP contribution in [0.1, 0.15) is 36.5 Å². The molecule has 0 aromatic heterocycles. The van der Waals surface area contributed by atoms with Gasteiger partial charge in [0.2, 0.25) is 0 Å². The maximum atomic E-state index is 12.6. The van der Waals surface area contributed by atoms with Crippen LogP contribution in [-0.4, -0.2) is 28.8 Å². The number of non-ortho nitro benzene ring substituents is 1. The van der Waals surface area contributed by atoms with E-state index < -0.39 is 4.92 Å². The summed E-state index contributed by atoms with van der Waals surface area (Å²) in [5, 5.41) is 11.0. The van der Waals surface area contributed by atoms with Crippen molar-refractivity contribution < 1.29 is 9.72 Å². The topological polar surface area (TPSA) is 63.5 Å². The molecule has 1 heterocycles. The predicted molar refractivity (Wildman–Crippen MR) is 82.0 cm³/mol. The van der Waals surface area contributed by atoms with Gasteiger partial charge in [-0.1, -0.05) is 30.1 Å². The quantitative estimate of drug-likeness (QED) is 0.604. The third kappa shape index (κ3) is 3.66. The largest absolute Gasteiger partial charge is 0.339 e. The monoisotopic (exact) mass is 330 g/mol. The van der Waals surface area contributed by atoms with E-state index in [0.717, 1.165) is 25.3 Å². The highest BCUT2D eigenvalue weighted by Crippen LogP contribution is 2.32. The van der Waals surface area contributed by atoms with E-state index in [0.29, 0.717) is 19.0 Å². The highest BCUT2D eigenvalue weighted by Gasteiger charge is 2.25. The molecule has 0 aliphatic carbocycles. The lowest BCUT2D eigenvalue weighted by molar-refractivity contribution is -0.384. The van der Waals surface area contributed by atoms with E-state index >= 15 is 0 Å². The van der Waals surface area contributed by atoms with Crippen molar-refractivity contribution in [1.29, 1.82) is 0 Å². The number of nitro groups is 1. The Hall–Kier alpha value is -1.33. The van der Waals surface area contributed by atoms with Crippen LogP contribution in [0.3, 0.4) is 0 Å². The van der Waals surface area contributed by atoms with E-state index in [1.807, 2.05) is 0 Å². The fourth-order valence-corrected chi connectivity index (χ4v) is 2.88. The second kappa shape index (κ2) is 6.62. The number of nitro benzene ring substituents is 1. The van der Waals surface area contributed by atoms with Crippen molar-refractivity contribution in [2.75, 3.05) is 13.1 Å². The first kappa shape index (κ1) is 16.0. The number of carbonyl (C=O) groups is 1. The zero-order chi connectivity index (χ0) is 15.6. The average Bonchev–Trinajstić information content (AvgIpc) is 2.65. The Kier molecular flexibility index (Phi) is 5.06. The van der Waals surface area contributed by atoms with Crippen LogP contribution < -0.4 is 0 Å². The highest BCUT2D eigenvalue weighted by molar-refractivity contribution is 6.44. The minimum Gasteiger partial charge on any atom is -0.339 e. The molecule has 1 amide bonds. The molecule has 21 heavy (non-hydrogen) atoms. The number of likely N-dealkylation sites (tertiary alicyclic amines) is 1. The molecule has 0 N–H and O–H groups in total. The van der Waals surface area contributed by atoms with Gasteiger partial charge in [-0.15, -0.1) is 0 Å². The third-order valence-corrected chi connectivity index (χ3v) is 4.56. The Morgan fingerprint density at radius 1 is 1.33 bits per heavy atom. The summed E-state index contributed by atoms with van der Waals surface area (Å²) in [7, 11) is 0. The normalized spacial score (nSPS) is 19.2. The molecule has 0 spiro atoms. The van der Waals surface area contributed by atoms with Crippen molar-refractivity contribution in [3.63, 3.8) is 0 Å². The molecule has 0 radical (unpaired) electrons. The van der Waals surface area contributed by atoms with Crippen LogP contribution in [0.25, 0.3) is 0 Å². The van der Waals surface area contributed by atoms with E-state index in [2.05, 4.69) is 6.92 Å². The number of carbonyl (C=O) groups excluding carboxylic acids is 1. The van der Waals surface area contributed by atoms with E-state index in [1.54, 1.807) is 4.90 Å². The van der Waals surface area contributed by atoms with Crippen molar-refractivity contribution in [2.45, 2.75) is 26.2 Å². The summed E-state index contributed by atoms with van der Waals surface area (Å²) in [6, 6.07) is 2.36. The predicted octanol–water partition coefficient (Wildman–Crippen LogP) is 4.16. The molecule has 5 nitrogen and oxygen atoms in total. The first-order valence-corrected chi connectivity index (χ1v) is 7.58. The van der Waals surface area contributed by atoms with Crippen molar-refractivity contribution in [3.05, 3.63) is 37.9 Å². The van der Waals surface area contributed by atoms with Crippen LogP contribution >= 0.6 is 23.2 Å². The van der Waals surface area contributed by atoms with Gasteiger partial charge in [-0.2, -0.15) is 0 Å². The van der Waals surface area contributed by atoms with Gasteiger partial charge < -0.3 is 4.90 Å². The molecule has 7 heteroatoms. The molecule has 0 bridgehead atoms. The highest BCUT2D eigenvalue weighted by atomic mass is 35.5. The Bertz CT molecular complexity index is 578. The van der Waals surface area contributed by atoms with Crippen LogP contribution in [0, 0.1) is 16.0 Å². The molecule has 1 aromatic carbocycles. The van der Waals surface area contributed by atoms with Crippen molar-refractivity contribution in [3.8, 4) is 0 Å². The van der Waals surface area contributed by atoms with Crippen LogP contribution in [0.5, 0.6) is 0 Å². The van der Waals surface area contributed by atoms with E-state index in [-0.39, 0.29) is 27.2 Å². The summed E-state index contributed by atoms with van der Waals surface area (Å²) in [4.78, 5) is 24.6. The lowest BCUT2D eigenvalue weighted by atomic mass is 10.0. The third-order valence-electron chi connectivity index (χ3n) is 3.76. The lowest BCUT2D eigenvalue weighted by Gasteiger charge is -2.21. The van der Waals surface area contributed by atoms with Crippen LogP contribution in [0.2, 0.25) is 10.0 Å². The molecular formula is C14H16Cl2N2O3. The second-order valence-electron chi connectivity index (χ2n) is 5.37. The number of nitrogens with zero attached hydrogens (tertiary/aromatic N) is 2. The summed E-state index contributed by atoms with van der Waals surface area (Å²) in [5.74, 6) is 0.284. The SMILES string of the molecule is CC1CCCN(C(=O)c2cc([N+](=O)[O-])cc(Cl)c2Cl)CC1. The molecule has 1 unspecified atom stereocenters. The van der Waals surface area contributed by atoms with Gasteiger partial charge in [0.15, 0.2) is 0 Å². The zero-order valence-electron chi connectivity index (χ0n) is 11.6. The number of hydrogen-bond donors (Lipinski definition) is 0. The van der Waals surface area contributed by atoms with Crippen LogP contribution in [-0.2, 0) is 0 Å². The smallest absolute Gasteiger partial charge is 0.271 e. The van der Waals surface area contributed by atoms with Crippen molar-refractivity contribution in [2.24, 2.45) is 5.92 Å². The maximum Gasteiger partial charge on any atom is 0.271 e. The van der Waals surface area contributed by atoms with E-state index in [9.17, 15) is 14.9 Å². The molecule has 114 valence electrons. The second-order valence-corrected chi connectivity index (χ2v) is 6.16. The summed E-state index contributed by atoms with van der Waals surface area (Å²) in [6.45, 7) is 3.43. The van der Waals surface area contributed by atoms with Gasteiger partial charge in [0, 0.05) is 25.2 Å². The fourth-order valence-electron chi connectivity index (χ4n) is 2.47. The first-order chi connectivity index (χ1) is 9.90. The van der Waals surface area contributed by atoms with Gasteiger partial charge in [-0.05, 0) is 25.2 Å². The molecule has 1 atom stereocenters. The first-order valence-electron chi connectivity index (χ1n) is 6.83. The van der Waals surface area contributed by atoms with Crippen LogP contribution in [0.4, 0.5) is 5.69 Å². The van der Waals surface area contributed by atoms with Gasteiger partial charge in [0.05, 0.1) is 20.5 Å². The molecule has 0 saturated carbocycles. The summed E-state index contributed by atoms with van der Waals surface area (Å²) in [6.07, 6.45) is 2.92. The van der Waals surface area contributed by atoms with Gasteiger partial charge in [-0.25, -0.2) is 0 Å².